The maximum atomic E-state index is 11.9. The summed E-state index contributed by atoms with van der Waals surface area (Å²) in [6, 6.07) is 10.3. The molecular formula is C25H34N2O8. The van der Waals surface area contributed by atoms with Gasteiger partial charge < -0.3 is 44.6 Å². The lowest BCUT2D eigenvalue weighted by molar-refractivity contribution is -0.159. The quantitative estimate of drug-likeness (QED) is 0.476. The molecule has 0 amide bonds. The largest absolute Gasteiger partial charge is 0.487 e. The van der Waals surface area contributed by atoms with E-state index in [2.05, 4.69) is 0 Å². The third-order valence-corrected chi connectivity index (χ3v) is 5.32. The van der Waals surface area contributed by atoms with Crippen molar-refractivity contribution >= 4 is 17.3 Å². The maximum Gasteiger partial charge on any atom is 0.331 e. The van der Waals surface area contributed by atoms with Gasteiger partial charge in [-0.3, -0.25) is 0 Å². The van der Waals surface area contributed by atoms with Gasteiger partial charge in [-0.25, -0.2) is 4.79 Å². The average molecular weight is 491 g/mol. The van der Waals surface area contributed by atoms with Crippen molar-refractivity contribution in [2.45, 2.75) is 25.4 Å². The van der Waals surface area contributed by atoms with E-state index in [1.165, 1.54) is 7.11 Å². The zero-order valence-corrected chi connectivity index (χ0v) is 20.2. The summed E-state index contributed by atoms with van der Waals surface area (Å²) >= 11 is 0. The van der Waals surface area contributed by atoms with Crippen LogP contribution < -0.4 is 30.4 Å². The average Bonchev–Trinajstić information content (AvgIpc) is 2.85. The Balaban J connectivity index is 1.93. The van der Waals surface area contributed by atoms with Crippen LogP contribution in [0, 0.1) is 0 Å². The van der Waals surface area contributed by atoms with E-state index in [9.17, 15) is 4.79 Å². The van der Waals surface area contributed by atoms with Crippen LogP contribution in [0.3, 0.4) is 0 Å². The molecule has 0 aromatic heterocycles. The van der Waals surface area contributed by atoms with Crippen molar-refractivity contribution in [2.24, 2.45) is 0 Å². The van der Waals surface area contributed by atoms with E-state index >= 15 is 0 Å². The first kappa shape index (κ1) is 26.2. The number of carbonyl (C=O) groups excluding carboxylic acids is 1. The van der Waals surface area contributed by atoms with Crippen molar-refractivity contribution in [3.63, 3.8) is 0 Å². The summed E-state index contributed by atoms with van der Waals surface area (Å²) < 4.78 is 40.5. The zero-order valence-electron chi connectivity index (χ0n) is 20.2. The van der Waals surface area contributed by atoms with Crippen molar-refractivity contribution < 1.29 is 38.0 Å². The number of ether oxygens (including phenoxy) is 7. The molecule has 0 saturated heterocycles. The van der Waals surface area contributed by atoms with Gasteiger partial charge in [0.15, 0.2) is 23.0 Å². The van der Waals surface area contributed by atoms with Gasteiger partial charge in [-0.05, 0) is 30.7 Å². The molecule has 0 saturated carbocycles. The molecule has 1 aliphatic heterocycles. The molecule has 10 nitrogen and oxygen atoms in total. The molecule has 192 valence electrons. The minimum absolute atomic E-state index is 0.0622. The van der Waals surface area contributed by atoms with Gasteiger partial charge in [0, 0.05) is 23.5 Å². The number of nitrogens with two attached hydrogens (primary N) is 2. The van der Waals surface area contributed by atoms with Crippen LogP contribution in [0.1, 0.15) is 19.8 Å². The van der Waals surface area contributed by atoms with E-state index < -0.39 is 11.6 Å². The monoisotopic (exact) mass is 490 g/mol. The first-order chi connectivity index (χ1) is 16.9. The van der Waals surface area contributed by atoms with Gasteiger partial charge in [-0.2, -0.15) is 0 Å². The summed E-state index contributed by atoms with van der Waals surface area (Å²) in [6.07, 6.45) is 1.28. The Kier molecular flexibility index (Phi) is 9.68. The highest BCUT2D eigenvalue weighted by Gasteiger charge is 2.35. The number of anilines is 2. The summed E-state index contributed by atoms with van der Waals surface area (Å²) in [5.74, 6) is 1.43. The third kappa shape index (κ3) is 7.83. The van der Waals surface area contributed by atoms with Gasteiger partial charge in [0.05, 0.1) is 20.3 Å². The number of benzene rings is 2. The number of rotatable bonds is 5. The Labute approximate surface area is 205 Å². The molecule has 0 aliphatic carbocycles. The second-order valence-electron chi connectivity index (χ2n) is 8.10. The summed E-state index contributed by atoms with van der Waals surface area (Å²) in [5.41, 5.74) is 12.0. The fourth-order valence-corrected chi connectivity index (χ4v) is 3.52. The van der Waals surface area contributed by atoms with E-state index in [1.807, 2.05) is 6.92 Å². The second-order valence-corrected chi connectivity index (χ2v) is 8.10. The number of hydrogen-bond acceptors (Lipinski definition) is 10. The minimum Gasteiger partial charge on any atom is -0.487 e. The SMILES string of the molecule is CCCC1(OCC(=O)OC)COc2cc(N)ccc2OCCOCCOc2ccc(N)cc2OC1. The molecule has 35 heavy (non-hydrogen) atoms. The fraction of sp³-hybridized carbons (Fsp3) is 0.480. The molecule has 10 heteroatoms. The predicted molar refractivity (Wildman–Crippen MR) is 130 cm³/mol. The number of nitrogen functional groups attached to an aromatic ring is 2. The number of carbonyl (C=O) groups is 1. The molecule has 0 unspecified atom stereocenters. The third-order valence-electron chi connectivity index (χ3n) is 5.32. The van der Waals surface area contributed by atoms with Gasteiger partial charge in [0.25, 0.3) is 0 Å². The fourth-order valence-electron chi connectivity index (χ4n) is 3.52. The maximum absolute atomic E-state index is 11.9. The molecule has 2 aromatic carbocycles. The van der Waals surface area contributed by atoms with E-state index in [0.717, 1.165) is 6.42 Å². The Morgan fingerprint density at radius 1 is 0.857 bits per heavy atom. The van der Waals surface area contributed by atoms with Gasteiger partial charge in [-0.1, -0.05) is 13.3 Å². The van der Waals surface area contributed by atoms with Crippen molar-refractivity contribution in [1.82, 2.24) is 0 Å². The number of hydrogen-bond donors (Lipinski definition) is 2. The van der Waals surface area contributed by atoms with E-state index in [-0.39, 0.29) is 19.8 Å². The molecule has 4 N–H and O–H groups in total. The highest BCUT2D eigenvalue weighted by atomic mass is 16.6. The van der Waals surface area contributed by atoms with Crippen LogP contribution in [-0.4, -0.2) is 64.9 Å². The van der Waals surface area contributed by atoms with Gasteiger partial charge in [-0.15, -0.1) is 0 Å². The van der Waals surface area contributed by atoms with E-state index in [1.54, 1.807) is 36.4 Å². The van der Waals surface area contributed by atoms with Crippen LogP contribution in [0.15, 0.2) is 36.4 Å². The highest BCUT2D eigenvalue weighted by Crippen LogP contribution is 2.34. The number of methoxy groups -OCH3 is 1. The van der Waals surface area contributed by atoms with Crippen molar-refractivity contribution in [3.05, 3.63) is 36.4 Å². The minimum atomic E-state index is -0.993. The molecule has 2 aromatic rings. The summed E-state index contributed by atoms with van der Waals surface area (Å²) in [4.78, 5) is 11.9. The van der Waals surface area contributed by atoms with Crippen LogP contribution in [0.4, 0.5) is 11.4 Å². The van der Waals surface area contributed by atoms with Crippen LogP contribution in [0.2, 0.25) is 0 Å². The topological polar surface area (TPSA) is 134 Å². The number of fused-ring (bicyclic) bond motifs is 2. The van der Waals surface area contributed by atoms with Gasteiger partial charge >= 0.3 is 5.97 Å². The van der Waals surface area contributed by atoms with E-state index in [4.69, 9.17) is 44.6 Å². The standard InChI is InChI=1S/C25H34N2O8/c1-3-8-25(35-15-24(28)29-2)16-33-22-13-18(26)4-6-20(22)31-11-9-30-10-12-32-21-7-5-19(27)14-23(21)34-17-25/h4-7,13-14H,3,8-12,15-17,26-27H2,1-2H3. The smallest absolute Gasteiger partial charge is 0.331 e. The van der Waals surface area contributed by atoms with Crippen LogP contribution in [0.25, 0.3) is 0 Å². The molecule has 0 radical (unpaired) electrons. The molecule has 0 fully saturated rings. The normalized spacial score (nSPS) is 16.3. The van der Waals surface area contributed by atoms with Crippen molar-refractivity contribution in [2.75, 3.05) is 64.8 Å². The Morgan fingerprint density at radius 2 is 1.40 bits per heavy atom. The predicted octanol–water partition coefficient (Wildman–Crippen LogP) is 2.83. The summed E-state index contributed by atoms with van der Waals surface area (Å²) in [7, 11) is 1.31. The lowest BCUT2D eigenvalue weighted by atomic mass is 9.99. The Morgan fingerprint density at radius 3 is 1.89 bits per heavy atom. The lowest BCUT2D eigenvalue weighted by Crippen LogP contribution is -2.46. The first-order valence-corrected chi connectivity index (χ1v) is 11.5. The van der Waals surface area contributed by atoms with Crippen LogP contribution in [-0.2, 0) is 19.0 Å². The lowest BCUT2D eigenvalue weighted by Gasteiger charge is -2.33. The molecule has 1 aliphatic rings. The second kappa shape index (κ2) is 12.9. The molecule has 0 atom stereocenters. The van der Waals surface area contributed by atoms with Crippen LogP contribution >= 0.6 is 0 Å². The molecule has 1 heterocycles. The molecule has 0 bridgehead atoms. The van der Waals surface area contributed by atoms with Crippen molar-refractivity contribution in [1.29, 1.82) is 0 Å². The van der Waals surface area contributed by atoms with Gasteiger partial charge in [0.2, 0.25) is 0 Å². The highest BCUT2D eigenvalue weighted by molar-refractivity contribution is 5.70. The van der Waals surface area contributed by atoms with Gasteiger partial charge in [0.1, 0.15) is 38.6 Å². The Hall–Kier alpha value is -3.37. The van der Waals surface area contributed by atoms with E-state index in [0.29, 0.717) is 67.2 Å². The van der Waals surface area contributed by atoms with Crippen LogP contribution in [0.5, 0.6) is 23.0 Å². The number of esters is 1. The summed E-state index contributed by atoms with van der Waals surface area (Å²) in [6.45, 7) is 3.22. The Bertz CT molecular complexity index is 907. The van der Waals surface area contributed by atoms with Crippen molar-refractivity contribution in [3.8, 4) is 23.0 Å². The zero-order chi connectivity index (χ0) is 25.1. The summed E-state index contributed by atoms with van der Waals surface area (Å²) in [5, 5.41) is 0. The molecule has 0 spiro atoms. The molecule has 3 rings (SSSR count). The molecular weight excluding hydrogens is 456 g/mol. The first-order valence-electron chi connectivity index (χ1n) is 11.5.